The van der Waals surface area contributed by atoms with Crippen LogP contribution in [0.2, 0.25) is 0 Å². The first-order chi connectivity index (χ1) is 12.6. The molecule has 1 aliphatic heterocycles. The second-order valence-electron chi connectivity index (χ2n) is 6.46. The fourth-order valence-electron chi connectivity index (χ4n) is 3.22. The number of carbonyl (C=O) groups is 2. The van der Waals surface area contributed by atoms with Crippen molar-refractivity contribution in [3.63, 3.8) is 0 Å². The zero-order chi connectivity index (χ0) is 18.5. The van der Waals surface area contributed by atoms with Crippen LogP contribution in [-0.2, 0) is 4.79 Å². The standard InChI is InChI=1S/C19H23N5O2/c1-3-9-20-17(25)8-10-21-19(26)24-11-4-5-16(24)18-22-14-7-6-13(2)12-15(14)23-18/h1,6-7,12,16H,4-5,8-11H2,2H3,(H,20,25)(H,21,26)(H,22,23). The number of hydrogen-bond acceptors (Lipinski definition) is 3. The van der Waals surface area contributed by atoms with Crippen molar-refractivity contribution in [3.05, 3.63) is 29.6 Å². The number of hydrogen-bond donors (Lipinski definition) is 3. The molecule has 0 saturated carbocycles. The predicted octanol–water partition coefficient (Wildman–Crippen LogP) is 1.86. The Morgan fingerprint density at radius 3 is 3.08 bits per heavy atom. The third kappa shape index (κ3) is 3.97. The minimum Gasteiger partial charge on any atom is -0.345 e. The molecule has 0 aliphatic carbocycles. The number of aromatic amines is 1. The summed E-state index contributed by atoms with van der Waals surface area (Å²) in [5.41, 5.74) is 3.05. The molecule has 0 bridgehead atoms. The van der Waals surface area contributed by atoms with Crippen molar-refractivity contribution in [2.75, 3.05) is 19.6 Å². The van der Waals surface area contributed by atoms with Gasteiger partial charge in [-0.25, -0.2) is 9.78 Å². The number of terminal acetylenes is 1. The van der Waals surface area contributed by atoms with Crippen LogP contribution < -0.4 is 10.6 Å². The van der Waals surface area contributed by atoms with Crippen molar-refractivity contribution >= 4 is 23.0 Å². The predicted molar refractivity (Wildman–Crippen MR) is 99.4 cm³/mol. The Morgan fingerprint density at radius 2 is 2.27 bits per heavy atom. The number of rotatable bonds is 5. The van der Waals surface area contributed by atoms with Crippen LogP contribution in [0.4, 0.5) is 4.79 Å². The van der Waals surface area contributed by atoms with Gasteiger partial charge in [-0.15, -0.1) is 6.42 Å². The number of carbonyl (C=O) groups excluding carboxylic acids is 2. The van der Waals surface area contributed by atoms with Gasteiger partial charge in [-0.05, 0) is 37.5 Å². The van der Waals surface area contributed by atoms with Gasteiger partial charge in [0.2, 0.25) is 5.91 Å². The summed E-state index contributed by atoms with van der Waals surface area (Å²) < 4.78 is 0. The van der Waals surface area contributed by atoms with Gasteiger partial charge < -0.3 is 20.5 Å². The lowest BCUT2D eigenvalue weighted by atomic mass is 10.2. The van der Waals surface area contributed by atoms with Gasteiger partial charge in [0.05, 0.1) is 23.6 Å². The van der Waals surface area contributed by atoms with Crippen LogP contribution in [0.15, 0.2) is 18.2 Å². The van der Waals surface area contributed by atoms with Crippen molar-refractivity contribution < 1.29 is 9.59 Å². The van der Waals surface area contributed by atoms with E-state index < -0.39 is 0 Å². The fraction of sp³-hybridized carbons (Fsp3) is 0.421. The average molecular weight is 353 g/mol. The van der Waals surface area contributed by atoms with Crippen LogP contribution >= 0.6 is 0 Å². The number of aryl methyl sites for hydroxylation is 1. The van der Waals surface area contributed by atoms with Gasteiger partial charge >= 0.3 is 6.03 Å². The molecular formula is C19H23N5O2. The number of amides is 3. The van der Waals surface area contributed by atoms with E-state index in [-0.39, 0.29) is 37.5 Å². The Morgan fingerprint density at radius 1 is 1.42 bits per heavy atom. The highest BCUT2D eigenvalue weighted by Crippen LogP contribution is 2.31. The summed E-state index contributed by atoms with van der Waals surface area (Å²) in [5.74, 6) is 2.98. The normalized spacial score (nSPS) is 16.5. The van der Waals surface area contributed by atoms with E-state index in [2.05, 4.69) is 32.6 Å². The van der Waals surface area contributed by atoms with E-state index in [4.69, 9.17) is 6.42 Å². The van der Waals surface area contributed by atoms with E-state index in [0.717, 1.165) is 35.3 Å². The number of H-pyrrole nitrogens is 1. The van der Waals surface area contributed by atoms with Crippen LogP contribution in [0.5, 0.6) is 0 Å². The molecule has 1 unspecified atom stereocenters. The minimum atomic E-state index is -0.172. The summed E-state index contributed by atoms with van der Waals surface area (Å²) in [5, 5.41) is 5.38. The maximum absolute atomic E-state index is 12.5. The van der Waals surface area contributed by atoms with Gasteiger partial charge in [0.15, 0.2) is 0 Å². The first kappa shape index (κ1) is 17.8. The van der Waals surface area contributed by atoms with Crippen LogP contribution in [-0.4, -0.2) is 46.4 Å². The van der Waals surface area contributed by atoms with E-state index in [1.165, 1.54) is 0 Å². The number of fused-ring (bicyclic) bond motifs is 1. The van der Waals surface area contributed by atoms with Gasteiger partial charge in [0, 0.05) is 19.5 Å². The third-order valence-corrected chi connectivity index (χ3v) is 4.50. The Labute approximate surface area is 152 Å². The van der Waals surface area contributed by atoms with Crippen molar-refractivity contribution in [2.45, 2.75) is 32.2 Å². The third-order valence-electron chi connectivity index (χ3n) is 4.50. The molecule has 2 heterocycles. The molecule has 3 rings (SSSR count). The smallest absolute Gasteiger partial charge is 0.318 e. The fourth-order valence-corrected chi connectivity index (χ4v) is 3.22. The number of nitrogens with zero attached hydrogens (tertiary/aromatic N) is 2. The highest BCUT2D eigenvalue weighted by atomic mass is 16.2. The van der Waals surface area contributed by atoms with Crippen LogP contribution in [0.1, 0.15) is 36.7 Å². The van der Waals surface area contributed by atoms with Gasteiger partial charge in [0.1, 0.15) is 5.82 Å². The molecule has 26 heavy (non-hydrogen) atoms. The maximum Gasteiger partial charge on any atom is 0.318 e. The number of likely N-dealkylation sites (tertiary alicyclic amines) is 1. The van der Waals surface area contributed by atoms with Crippen LogP contribution in [0.3, 0.4) is 0 Å². The van der Waals surface area contributed by atoms with Crippen molar-refractivity contribution in [1.82, 2.24) is 25.5 Å². The highest BCUT2D eigenvalue weighted by Gasteiger charge is 2.32. The van der Waals surface area contributed by atoms with Gasteiger partial charge in [-0.2, -0.15) is 0 Å². The molecule has 1 aromatic carbocycles. The maximum atomic E-state index is 12.5. The summed E-state index contributed by atoms with van der Waals surface area (Å²) in [4.78, 5) is 33.8. The number of imidazole rings is 1. The van der Waals surface area contributed by atoms with Crippen LogP contribution in [0, 0.1) is 19.3 Å². The number of urea groups is 1. The summed E-state index contributed by atoms with van der Waals surface area (Å²) in [7, 11) is 0. The summed E-state index contributed by atoms with van der Waals surface area (Å²) in [6.07, 6.45) is 7.09. The van der Waals surface area contributed by atoms with Gasteiger partial charge in [-0.3, -0.25) is 4.79 Å². The van der Waals surface area contributed by atoms with E-state index in [0.29, 0.717) is 6.54 Å². The molecule has 3 N–H and O–H groups in total. The lowest BCUT2D eigenvalue weighted by molar-refractivity contribution is -0.120. The Bertz CT molecular complexity index is 851. The molecule has 3 amide bonds. The summed E-state index contributed by atoms with van der Waals surface area (Å²) in [6, 6.07) is 5.82. The monoisotopic (exact) mass is 353 g/mol. The molecule has 0 radical (unpaired) electrons. The van der Waals surface area contributed by atoms with E-state index >= 15 is 0 Å². The first-order valence-electron chi connectivity index (χ1n) is 8.79. The van der Waals surface area contributed by atoms with E-state index in [9.17, 15) is 9.59 Å². The van der Waals surface area contributed by atoms with E-state index in [1.54, 1.807) is 4.90 Å². The lowest BCUT2D eigenvalue weighted by Crippen LogP contribution is -2.41. The summed E-state index contributed by atoms with van der Waals surface area (Å²) >= 11 is 0. The number of benzene rings is 1. The van der Waals surface area contributed by atoms with Gasteiger partial charge in [-0.1, -0.05) is 12.0 Å². The first-order valence-corrected chi connectivity index (χ1v) is 8.79. The second kappa shape index (κ2) is 7.91. The Kier molecular flexibility index (Phi) is 5.42. The molecule has 1 atom stereocenters. The molecule has 7 nitrogen and oxygen atoms in total. The molecule has 0 spiro atoms. The van der Waals surface area contributed by atoms with Crippen molar-refractivity contribution in [3.8, 4) is 12.3 Å². The molecule has 2 aromatic rings. The Balaban J connectivity index is 1.61. The van der Waals surface area contributed by atoms with Crippen molar-refractivity contribution in [2.24, 2.45) is 0 Å². The lowest BCUT2D eigenvalue weighted by Gasteiger charge is -2.23. The molecule has 7 heteroatoms. The molecule has 1 aromatic heterocycles. The molecule has 1 aliphatic rings. The largest absolute Gasteiger partial charge is 0.345 e. The molecule has 1 fully saturated rings. The molecule has 1 saturated heterocycles. The topological polar surface area (TPSA) is 90.1 Å². The average Bonchev–Trinajstić information content (AvgIpc) is 3.25. The molecular weight excluding hydrogens is 330 g/mol. The number of aromatic nitrogens is 2. The van der Waals surface area contributed by atoms with Crippen LogP contribution in [0.25, 0.3) is 11.0 Å². The van der Waals surface area contributed by atoms with Gasteiger partial charge in [0.25, 0.3) is 0 Å². The minimum absolute atomic E-state index is 0.0713. The SMILES string of the molecule is C#CCNC(=O)CCNC(=O)N1CCCC1c1nc2ccc(C)cc2[nH]1. The second-order valence-corrected chi connectivity index (χ2v) is 6.46. The zero-order valence-electron chi connectivity index (χ0n) is 14.8. The molecule has 136 valence electrons. The van der Waals surface area contributed by atoms with E-state index in [1.807, 2.05) is 19.1 Å². The highest BCUT2D eigenvalue weighted by molar-refractivity contribution is 5.79. The summed E-state index contributed by atoms with van der Waals surface area (Å²) in [6.45, 7) is 3.19. The number of nitrogens with one attached hydrogen (secondary N) is 3. The van der Waals surface area contributed by atoms with Crippen molar-refractivity contribution in [1.29, 1.82) is 0 Å². The Hall–Kier alpha value is -3.01. The quantitative estimate of drug-likeness (QED) is 0.717. The zero-order valence-corrected chi connectivity index (χ0v) is 14.8.